The van der Waals surface area contributed by atoms with Gasteiger partial charge in [0.25, 0.3) is 5.91 Å². The SMILES string of the molecule is COc1ccc(C(=O)NC2CC2)cc1C=Cc1ccc(Cl)cc1. The molecule has 1 amide bonds. The van der Waals surface area contributed by atoms with E-state index >= 15 is 0 Å². The zero-order valence-electron chi connectivity index (χ0n) is 12.9. The molecule has 0 spiro atoms. The summed E-state index contributed by atoms with van der Waals surface area (Å²) in [5.74, 6) is 0.703. The van der Waals surface area contributed by atoms with Gasteiger partial charge in [-0.05, 0) is 48.7 Å². The van der Waals surface area contributed by atoms with Gasteiger partial charge in [-0.15, -0.1) is 0 Å². The number of carbonyl (C=O) groups is 1. The number of methoxy groups -OCH3 is 1. The normalized spacial score (nSPS) is 14.0. The quantitative estimate of drug-likeness (QED) is 0.826. The van der Waals surface area contributed by atoms with Gasteiger partial charge in [0, 0.05) is 22.2 Å². The minimum Gasteiger partial charge on any atom is -0.496 e. The molecular formula is C19H18ClNO2. The summed E-state index contributed by atoms with van der Waals surface area (Å²) in [6, 6.07) is 13.4. The van der Waals surface area contributed by atoms with Crippen LogP contribution in [0.4, 0.5) is 0 Å². The summed E-state index contributed by atoms with van der Waals surface area (Å²) in [5, 5.41) is 3.70. The van der Waals surface area contributed by atoms with E-state index in [2.05, 4.69) is 5.32 Å². The minimum absolute atomic E-state index is 0.0312. The molecule has 1 aliphatic carbocycles. The Balaban J connectivity index is 1.83. The van der Waals surface area contributed by atoms with E-state index in [1.807, 2.05) is 48.6 Å². The van der Waals surface area contributed by atoms with Crippen LogP contribution in [0.1, 0.15) is 34.3 Å². The third kappa shape index (κ3) is 4.14. The van der Waals surface area contributed by atoms with E-state index in [4.69, 9.17) is 16.3 Å². The topological polar surface area (TPSA) is 38.3 Å². The Morgan fingerprint density at radius 2 is 1.91 bits per heavy atom. The summed E-state index contributed by atoms with van der Waals surface area (Å²) >= 11 is 5.89. The predicted octanol–water partition coefficient (Wildman–Crippen LogP) is 4.41. The fraction of sp³-hybridized carbons (Fsp3) is 0.211. The van der Waals surface area contributed by atoms with E-state index in [0.29, 0.717) is 16.6 Å². The Kier molecular flexibility index (Phi) is 4.68. The highest BCUT2D eigenvalue weighted by molar-refractivity contribution is 6.30. The molecule has 1 fully saturated rings. The smallest absolute Gasteiger partial charge is 0.251 e. The Hall–Kier alpha value is -2.26. The van der Waals surface area contributed by atoms with Crippen LogP contribution in [0.25, 0.3) is 12.2 Å². The molecule has 1 N–H and O–H groups in total. The van der Waals surface area contributed by atoms with E-state index in [-0.39, 0.29) is 5.91 Å². The van der Waals surface area contributed by atoms with Crippen molar-refractivity contribution in [3.05, 3.63) is 64.2 Å². The molecular weight excluding hydrogens is 310 g/mol. The second kappa shape index (κ2) is 6.88. The number of hydrogen-bond acceptors (Lipinski definition) is 2. The molecule has 1 saturated carbocycles. The lowest BCUT2D eigenvalue weighted by Crippen LogP contribution is -2.25. The van der Waals surface area contributed by atoms with Gasteiger partial charge in [-0.1, -0.05) is 35.9 Å². The van der Waals surface area contributed by atoms with E-state index in [9.17, 15) is 4.79 Å². The van der Waals surface area contributed by atoms with Crippen LogP contribution >= 0.6 is 11.6 Å². The van der Waals surface area contributed by atoms with Crippen molar-refractivity contribution < 1.29 is 9.53 Å². The van der Waals surface area contributed by atoms with Gasteiger partial charge in [0.05, 0.1) is 7.11 Å². The molecule has 3 nitrogen and oxygen atoms in total. The van der Waals surface area contributed by atoms with Crippen LogP contribution in [0.2, 0.25) is 5.02 Å². The molecule has 0 unspecified atom stereocenters. The highest BCUT2D eigenvalue weighted by Gasteiger charge is 2.23. The molecule has 0 bridgehead atoms. The van der Waals surface area contributed by atoms with E-state index in [0.717, 1.165) is 29.7 Å². The Morgan fingerprint density at radius 3 is 2.57 bits per heavy atom. The van der Waals surface area contributed by atoms with E-state index in [1.54, 1.807) is 13.2 Å². The first kappa shape index (κ1) is 15.6. The van der Waals surface area contributed by atoms with Crippen LogP contribution in [0.15, 0.2) is 42.5 Å². The van der Waals surface area contributed by atoms with Gasteiger partial charge in [-0.2, -0.15) is 0 Å². The van der Waals surface area contributed by atoms with Crippen LogP contribution in [-0.2, 0) is 0 Å². The van der Waals surface area contributed by atoms with Gasteiger partial charge < -0.3 is 10.1 Å². The van der Waals surface area contributed by atoms with Crippen LogP contribution in [0, 0.1) is 0 Å². The average molecular weight is 328 g/mol. The molecule has 2 aromatic rings. The summed E-state index contributed by atoms with van der Waals surface area (Å²) in [5.41, 5.74) is 2.55. The predicted molar refractivity (Wildman–Crippen MR) is 93.9 cm³/mol. The minimum atomic E-state index is -0.0312. The molecule has 118 valence electrons. The third-order valence-corrected chi connectivity index (χ3v) is 3.98. The highest BCUT2D eigenvalue weighted by atomic mass is 35.5. The molecule has 0 saturated heterocycles. The van der Waals surface area contributed by atoms with Crippen LogP contribution in [-0.4, -0.2) is 19.1 Å². The van der Waals surface area contributed by atoms with Gasteiger partial charge in [0.15, 0.2) is 0 Å². The molecule has 0 aliphatic heterocycles. The monoisotopic (exact) mass is 327 g/mol. The number of halogens is 1. The number of hydrogen-bond donors (Lipinski definition) is 1. The Labute approximate surface area is 140 Å². The third-order valence-electron chi connectivity index (χ3n) is 3.73. The maximum absolute atomic E-state index is 12.2. The number of nitrogens with one attached hydrogen (secondary N) is 1. The van der Waals surface area contributed by atoms with Gasteiger partial charge in [-0.3, -0.25) is 4.79 Å². The van der Waals surface area contributed by atoms with Crippen LogP contribution in [0.3, 0.4) is 0 Å². The van der Waals surface area contributed by atoms with Crippen molar-refractivity contribution in [2.75, 3.05) is 7.11 Å². The molecule has 0 heterocycles. The molecule has 1 aliphatic rings. The lowest BCUT2D eigenvalue weighted by atomic mass is 10.1. The summed E-state index contributed by atoms with van der Waals surface area (Å²) in [4.78, 5) is 12.2. The molecule has 2 aromatic carbocycles. The summed E-state index contributed by atoms with van der Waals surface area (Å²) < 4.78 is 5.38. The molecule has 4 heteroatoms. The highest BCUT2D eigenvalue weighted by Crippen LogP contribution is 2.24. The maximum atomic E-state index is 12.2. The van der Waals surface area contributed by atoms with Crippen molar-refractivity contribution in [1.82, 2.24) is 5.32 Å². The average Bonchev–Trinajstić information content (AvgIpc) is 3.38. The first-order valence-corrected chi connectivity index (χ1v) is 7.96. The lowest BCUT2D eigenvalue weighted by Gasteiger charge is -2.08. The molecule has 23 heavy (non-hydrogen) atoms. The fourth-order valence-corrected chi connectivity index (χ4v) is 2.39. The molecule has 0 aromatic heterocycles. The molecule has 3 rings (SSSR count). The lowest BCUT2D eigenvalue weighted by molar-refractivity contribution is 0.0951. The van der Waals surface area contributed by atoms with Crippen molar-refractivity contribution in [3.63, 3.8) is 0 Å². The van der Waals surface area contributed by atoms with Crippen molar-refractivity contribution in [2.24, 2.45) is 0 Å². The van der Waals surface area contributed by atoms with Crippen molar-refractivity contribution >= 4 is 29.7 Å². The van der Waals surface area contributed by atoms with Crippen molar-refractivity contribution in [2.45, 2.75) is 18.9 Å². The van der Waals surface area contributed by atoms with Gasteiger partial charge in [-0.25, -0.2) is 0 Å². The number of carbonyl (C=O) groups excluding carboxylic acids is 1. The molecule has 0 atom stereocenters. The number of benzene rings is 2. The zero-order valence-corrected chi connectivity index (χ0v) is 13.6. The number of ether oxygens (including phenoxy) is 1. The first-order chi connectivity index (χ1) is 11.2. The Bertz CT molecular complexity index is 734. The standard InChI is InChI=1S/C19H18ClNO2/c1-23-18-11-6-15(19(22)21-17-9-10-17)12-14(18)5-2-13-3-7-16(20)8-4-13/h2-8,11-12,17H,9-10H2,1H3,(H,21,22). The molecule has 0 radical (unpaired) electrons. The fourth-order valence-electron chi connectivity index (χ4n) is 2.26. The summed E-state index contributed by atoms with van der Waals surface area (Å²) in [7, 11) is 1.62. The summed E-state index contributed by atoms with van der Waals surface area (Å²) in [6.07, 6.45) is 6.06. The van der Waals surface area contributed by atoms with Crippen LogP contribution in [0.5, 0.6) is 5.75 Å². The van der Waals surface area contributed by atoms with E-state index < -0.39 is 0 Å². The van der Waals surface area contributed by atoms with E-state index in [1.165, 1.54) is 0 Å². The number of amides is 1. The zero-order chi connectivity index (χ0) is 16.2. The Morgan fingerprint density at radius 1 is 1.17 bits per heavy atom. The maximum Gasteiger partial charge on any atom is 0.251 e. The summed E-state index contributed by atoms with van der Waals surface area (Å²) in [6.45, 7) is 0. The van der Waals surface area contributed by atoms with Crippen molar-refractivity contribution in [1.29, 1.82) is 0 Å². The van der Waals surface area contributed by atoms with Crippen molar-refractivity contribution in [3.8, 4) is 5.75 Å². The van der Waals surface area contributed by atoms with Gasteiger partial charge in [0.2, 0.25) is 0 Å². The number of rotatable bonds is 5. The van der Waals surface area contributed by atoms with Crippen LogP contribution < -0.4 is 10.1 Å². The second-order valence-corrected chi connectivity index (χ2v) is 6.03. The first-order valence-electron chi connectivity index (χ1n) is 7.58. The largest absolute Gasteiger partial charge is 0.496 e. The van der Waals surface area contributed by atoms with Gasteiger partial charge >= 0.3 is 0 Å². The van der Waals surface area contributed by atoms with Gasteiger partial charge in [0.1, 0.15) is 5.75 Å². The second-order valence-electron chi connectivity index (χ2n) is 5.59.